The van der Waals surface area contributed by atoms with Crippen LogP contribution in [0, 0.1) is 6.92 Å². The average Bonchev–Trinajstić information content (AvgIpc) is 2.43. The van der Waals surface area contributed by atoms with Gasteiger partial charge in [0.25, 0.3) is 0 Å². The van der Waals surface area contributed by atoms with Crippen LogP contribution in [0.25, 0.3) is 0 Å². The van der Waals surface area contributed by atoms with Crippen molar-refractivity contribution in [1.29, 1.82) is 0 Å². The smallest absolute Gasteiger partial charge is 0.333 e. The number of carbonyl (C=O) groups excluding carboxylic acids is 1. The standard InChI is InChI=1S/C17H23F3N2O3S/c1-11(2)22-15(23)9-21(10-16(22,4)5)26(24,25)14-7-6-13(8-12(14)3)17(18,19)20/h6-8,11H,9-10H2,1-5H3. The van der Waals surface area contributed by atoms with Crippen LogP contribution in [-0.4, -0.2) is 48.2 Å². The maximum atomic E-state index is 13.0. The minimum atomic E-state index is -4.55. The fourth-order valence-corrected chi connectivity index (χ4v) is 5.29. The number of carbonyl (C=O) groups is 1. The Morgan fingerprint density at radius 1 is 1.19 bits per heavy atom. The molecule has 1 aromatic carbocycles. The van der Waals surface area contributed by atoms with Crippen LogP contribution in [0.3, 0.4) is 0 Å². The van der Waals surface area contributed by atoms with Crippen molar-refractivity contribution in [3.8, 4) is 0 Å². The first-order valence-corrected chi connectivity index (χ1v) is 9.62. The molecule has 2 rings (SSSR count). The number of alkyl halides is 3. The highest BCUT2D eigenvalue weighted by Gasteiger charge is 2.44. The number of nitrogens with zero attached hydrogens (tertiary/aromatic N) is 2. The molecule has 1 aromatic rings. The minimum Gasteiger partial charge on any atom is -0.333 e. The van der Waals surface area contributed by atoms with E-state index in [1.54, 1.807) is 18.7 Å². The van der Waals surface area contributed by atoms with E-state index in [1.807, 2.05) is 13.8 Å². The second-order valence-corrected chi connectivity index (χ2v) is 9.33. The number of rotatable bonds is 3. The van der Waals surface area contributed by atoms with Gasteiger partial charge in [-0.15, -0.1) is 0 Å². The summed E-state index contributed by atoms with van der Waals surface area (Å²) in [6, 6.07) is 2.43. The molecule has 1 saturated heterocycles. The largest absolute Gasteiger partial charge is 0.416 e. The van der Waals surface area contributed by atoms with Gasteiger partial charge in [-0.05, 0) is 58.4 Å². The molecule has 0 saturated carbocycles. The molecule has 9 heteroatoms. The Morgan fingerprint density at radius 2 is 1.77 bits per heavy atom. The molecular formula is C17H23F3N2O3S. The van der Waals surface area contributed by atoms with E-state index in [9.17, 15) is 26.4 Å². The van der Waals surface area contributed by atoms with Gasteiger partial charge in [0.05, 0.1) is 22.5 Å². The van der Waals surface area contributed by atoms with Crippen molar-refractivity contribution in [2.45, 2.75) is 57.3 Å². The summed E-state index contributed by atoms with van der Waals surface area (Å²) in [6.07, 6.45) is -4.55. The van der Waals surface area contributed by atoms with Crippen LogP contribution in [0.2, 0.25) is 0 Å². The Hall–Kier alpha value is -1.61. The summed E-state index contributed by atoms with van der Waals surface area (Å²) in [5, 5.41) is 0. The molecule has 0 aromatic heterocycles. The van der Waals surface area contributed by atoms with Crippen molar-refractivity contribution in [3.05, 3.63) is 29.3 Å². The number of benzene rings is 1. The van der Waals surface area contributed by atoms with Crippen LogP contribution >= 0.6 is 0 Å². The summed E-state index contributed by atoms with van der Waals surface area (Å²) < 4.78 is 65.4. The van der Waals surface area contributed by atoms with E-state index in [1.165, 1.54) is 6.92 Å². The van der Waals surface area contributed by atoms with Crippen molar-refractivity contribution in [2.24, 2.45) is 0 Å². The lowest BCUT2D eigenvalue weighted by atomic mass is 9.98. The van der Waals surface area contributed by atoms with Gasteiger partial charge in [0.2, 0.25) is 15.9 Å². The predicted molar refractivity (Wildman–Crippen MR) is 91.0 cm³/mol. The van der Waals surface area contributed by atoms with Gasteiger partial charge in [-0.2, -0.15) is 17.5 Å². The molecule has 0 radical (unpaired) electrons. The van der Waals surface area contributed by atoms with E-state index in [2.05, 4.69) is 0 Å². The van der Waals surface area contributed by atoms with E-state index in [0.717, 1.165) is 22.5 Å². The van der Waals surface area contributed by atoms with Crippen LogP contribution in [0.15, 0.2) is 23.1 Å². The topological polar surface area (TPSA) is 57.7 Å². The number of sulfonamides is 1. The highest BCUT2D eigenvalue weighted by Crippen LogP contribution is 2.33. The summed E-state index contributed by atoms with van der Waals surface area (Å²) in [5.41, 5.74) is -1.64. The number of hydrogen-bond acceptors (Lipinski definition) is 3. The fourth-order valence-electron chi connectivity index (χ4n) is 3.54. The zero-order chi connectivity index (χ0) is 20.1. The van der Waals surface area contributed by atoms with Gasteiger partial charge in [0.15, 0.2) is 0 Å². The lowest BCUT2D eigenvalue weighted by molar-refractivity contribution is -0.144. The van der Waals surface area contributed by atoms with Gasteiger partial charge in [0.1, 0.15) is 0 Å². The van der Waals surface area contributed by atoms with E-state index >= 15 is 0 Å². The first-order chi connectivity index (χ1) is 11.7. The molecule has 0 atom stereocenters. The third-order valence-electron chi connectivity index (χ3n) is 4.43. The minimum absolute atomic E-state index is 0.00336. The highest BCUT2D eigenvalue weighted by molar-refractivity contribution is 7.89. The second kappa shape index (κ2) is 6.53. The SMILES string of the molecule is Cc1cc(C(F)(F)F)ccc1S(=O)(=O)N1CC(=O)N(C(C)C)C(C)(C)C1. The van der Waals surface area contributed by atoms with Gasteiger partial charge in [-0.3, -0.25) is 4.79 Å². The molecule has 146 valence electrons. The zero-order valence-electron chi connectivity index (χ0n) is 15.4. The maximum absolute atomic E-state index is 13.0. The Morgan fingerprint density at radius 3 is 2.19 bits per heavy atom. The number of amides is 1. The molecule has 0 spiro atoms. The molecule has 1 amide bonds. The fraction of sp³-hybridized carbons (Fsp3) is 0.588. The molecule has 26 heavy (non-hydrogen) atoms. The van der Waals surface area contributed by atoms with Crippen molar-refractivity contribution in [3.63, 3.8) is 0 Å². The Kier molecular flexibility index (Phi) is 5.19. The van der Waals surface area contributed by atoms with Crippen molar-refractivity contribution in [1.82, 2.24) is 9.21 Å². The van der Waals surface area contributed by atoms with E-state index in [-0.39, 0.29) is 35.5 Å². The highest BCUT2D eigenvalue weighted by atomic mass is 32.2. The van der Waals surface area contributed by atoms with Gasteiger partial charge in [-0.1, -0.05) is 0 Å². The van der Waals surface area contributed by atoms with E-state index in [4.69, 9.17) is 0 Å². The molecule has 0 N–H and O–H groups in total. The number of piperazine rings is 1. The number of aryl methyl sites for hydroxylation is 1. The summed E-state index contributed by atoms with van der Waals surface area (Å²) in [6.45, 7) is 8.30. The monoisotopic (exact) mass is 392 g/mol. The van der Waals surface area contributed by atoms with Crippen LogP contribution in [0.4, 0.5) is 13.2 Å². The Labute approximate surface area is 151 Å². The molecule has 1 heterocycles. The van der Waals surface area contributed by atoms with Gasteiger partial charge < -0.3 is 4.90 Å². The normalized spacial score (nSPS) is 19.3. The maximum Gasteiger partial charge on any atom is 0.416 e. The Balaban J connectivity index is 2.41. The quantitative estimate of drug-likeness (QED) is 0.795. The molecule has 0 bridgehead atoms. The van der Waals surface area contributed by atoms with Gasteiger partial charge in [0, 0.05) is 12.6 Å². The Bertz CT molecular complexity index is 817. The predicted octanol–water partition coefficient (Wildman–Crippen LogP) is 3.03. The van der Waals surface area contributed by atoms with Gasteiger partial charge >= 0.3 is 6.18 Å². The summed E-state index contributed by atoms with van der Waals surface area (Å²) in [4.78, 5) is 13.9. The molecule has 0 unspecified atom stereocenters. The first kappa shape index (κ1) is 20.7. The van der Waals surface area contributed by atoms with Crippen molar-refractivity contribution >= 4 is 15.9 Å². The summed E-state index contributed by atoms with van der Waals surface area (Å²) in [5.74, 6) is -0.329. The molecule has 1 aliphatic rings. The van der Waals surface area contributed by atoms with Crippen LogP contribution in [0.5, 0.6) is 0 Å². The summed E-state index contributed by atoms with van der Waals surface area (Å²) >= 11 is 0. The van der Waals surface area contributed by atoms with E-state index in [0.29, 0.717) is 0 Å². The molecule has 5 nitrogen and oxygen atoms in total. The van der Waals surface area contributed by atoms with Crippen LogP contribution < -0.4 is 0 Å². The molecular weight excluding hydrogens is 369 g/mol. The average molecular weight is 392 g/mol. The second-order valence-electron chi connectivity index (χ2n) is 7.42. The van der Waals surface area contributed by atoms with Crippen LogP contribution in [-0.2, 0) is 21.0 Å². The van der Waals surface area contributed by atoms with Crippen LogP contribution in [0.1, 0.15) is 38.8 Å². The first-order valence-electron chi connectivity index (χ1n) is 8.18. The summed E-state index contributed by atoms with van der Waals surface area (Å²) in [7, 11) is -4.09. The zero-order valence-corrected chi connectivity index (χ0v) is 16.2. The third kappa shape index (κ3) is 3.73. The van der Waals surface area contributed by atoms with Crippen molar-refractivity contribution in [2.75, 3.05) is 13.1 Å². The van der Waals surface area contributed by atoms with Gasteiger partial charge in [-0.25, -0.2) is 8.42 Å². The number of halogens is 3. The molecule has 1 aliphatic heterocycles. The lowest BCUT2D eigenvalue weighted by Crippen LogP contribution is -2.64. The molecule has 1 fully saturated rings. The van der Waals surface area contributed by atoms with E-state index < -0.39 is 27.3 Å². The number of hydrogen-bond donors (Lipinski definition) is 0. The third-order valence-corrected chi connectivity index (χ3v) is 6.38. The molecule has 0 aliphatic carbocycles. The van der Waals surface area contributed by atoms with Crippen molar-refractivity contribution < 1.29 is 26.4 Å². The lowest BCUT2D eigenvalue weighted by Gasteiger charge is -2.48.